The van der Waals surface area contributed by atoms with Crippen LogP contribution < -0.4 is 15.0 Å². The number of piperazine rings is 1. The summed E-state index contributed by atoms with van der Waals surface area (Å²) in [7, 11) is -0.443. The number of hydrogen-bond donors (Lipinski definition) is 2. The Hall–Kier alpha value is -3.32. The summed E-state index contributed by atoms with van der Waals surface area (Å²) in [5.74, 6) is 1.26. The summed E-state index contributed by atoms with van der Waals surface area (Å²) in [5.41, 5.74) is 0.891. The van der Waals surface area contributed by atoms with Crippen LogP contribution in [0, 0.1) is 17.6 Å². The van der Waals surface area contributed by atoms with Crippen LogP contribution in [0.5, 0.6) is 11.8 Å². The third-order valence-electron chi connectivity index (χ3n) is 12.7. The molecule has 5 heterocycles. The molecule has 1 aromatic heterocycles. The molecule has 4 aliphatic heterocycles. The summed E-state index contributed by atoms with van der Waals surface area (Å²) in [6, 6.07) is 9.16. The summed E-state index contributed by atoms with van der Waals surface area (Å²) in [6.07, 6.45) is 6.75. The Kier molecular flexibility index (Phi) is 7.35. The van der Waals surface area contributed by atoms with Gasteiger partial charge in [-0.15, -0.1) is 0 Å². The van der Waals surface area contributed by atoms with Crippen LogP contribution in [0.3, 0.4) is 0 Å². The molecule has 6 fully saturated rings. The number of halogens is 3. The fraction of sp³-hybridized carbons (Fsp3) is 0.526. The maximum Gasteiger partial charge on any atom is 0.319 e. The van der Waals surface area contributed by atoms with Gasteiger partial charge < -0.3 is 20.1 Å². The van der Waals surface area contributed by atoms with E-state index in [2.05, 4.69) is 24.5 Å². The number of nitrogens with one attached hydrogen (secondary N) is 1. The molecule has 2 N–H and O–H groups in total. The monoisotopic (exact) mass is 734 g/mol. The van der Waals surface area contributed by atoms with Gasteiger partial charge in [0.2, 0.25) is 0 Å². The lowest BCUT2D eigenvalue weighted by Gasteiger charge is -2.36. The van der Waals surface area contributed by atoms with Gasteiger partial charge >= 0.3 is 6.01 Å². The van der Waals surface area contributed by atoms with Gasteiger partial charge in [-0.05, 0) is 91.5 Å². The van der Waals surface area contributed by atoms with Crippen LogP contribution in [0.15, 0.2) is 34.7 Å². The number of nitrogens with zero attached hydrogens (tertiary/aromatic N) is 5. The van der Waals surface area contributed by atoms with Gasteiger partial charge in [-0.2, -0.15) is 9.97 Å². The van der Waals surface area contributed by atoms with Gasteiger partial charge in [-0.1, -0.05) is 17.7 Å². The number of ether oxygens (including phenoxy) is 1. The predicted molar refractivity (Wildman–Crippen MR) is 195 cm³/mol. The van der Waals surface area contributed by atoms with Gasteiger partial charge in [-0.25, -0.2) is 17.4 Å². The molecule has 2 saturated carbocycles. The normalized spacial score (nSPS) is 32.1. The second-order valence-electron chi connectivity index (χ2n) is 15.7. The van der Waals surface area contributed by atoms with Crippen molar-refractivity contribution in [2.24, 2.45) is 10.3 Å². The molecular formula is C38H41ClF2N6O3S. The lowest BCUT2D eigenvalue weighted by Crippen LogP contribution is -2.51. The Morgan fingerprint density at radius 2 is 1.80 bits per heavy atom. The Morgan fingerprint density at radius 3 is 2.49 bits per heavy atom. The van der Waals surface area contributed by atoms with Gasteiger partial charge in [-0.3, -0.25) is 4.90 Å². The quantitative estimate of drug-likeness (QED) is 0.201. The lowest BCUT2D eigenvalue weighted by molar-refractivity contribution is 0.185. The largest absolute Gasteiger partial charge is 0.508 e. The van der Waals surface area contributed by atoms with Gasteiger partial charge in [0.1, 0.15) is 22.9 Å². The predicted octanol–water partition coefficient (Wildman–Crippen LogP) is 6.40. The molecule has 3 aromatic carbocycles. The topological polar surface area (TPSA) is 103 Å². The van der Waals surface area contributed by atoms with Crippen molar-refractivity contribution >= 4 is 48.8 Å². The van der Waals surface area contributed by atoms with Crippen molar-refractivity contribution < 1.29 is 22.8 Å². The van der Waals surface area contributed by atoms with E-state index in [9.17, 15) is 9.32 Å². The Labute approximate surface area is 300 Å². The van der Waals surface area contributed by atoms with Gasteiger partial charge in [0.05, 0.1) is 11.6 Å². The summed E-state index contributed by atoms with van der Waals surface area (Å²) in [6.45, 7) is 2.58. The zero-order valence-electron chi connectivity index (χ0n) is 28.5. The molecule has 4 atom stereocenters. The van der Waals surface area contributed by atoms with Crippen LogP contribution >= 0.6 is 11.6 Å². The van der Waals surface area contributed by atoms with Crippen LogP contribution in [0.2, 0.25) is 5.02 Å². The van der Waals surface area contributed by atoms with E-state index in [1.54, 1.807) is 25.2 Å². The first kappa shape index (κ1) is 32.3. The second-order valence-corrected chi connectivity index (χ2v) is 18.7. The molecule has 13 heteroatoms. The molecule has 0 spiro atoms. The number of hydrogen-bond acceptors (Lipinski definition) is 9. The highest BCUT2D eigenvalue weighted by atomic mass is 35.5. The van der Waals surface area contributed by atoms with E-state index in [4.69, 9.17) is 21.3 Å². The SMILES string of the molecule is CN=S1(=O)CC2CCC(C1)N2CCCOc1nc(N2CC3CCC(C2)N3)c2cc(Cl)c(-c3cc(O)cc4ccc(F)c(C56CC5C6)c34)c(F)c2n1. The van der Waals surface area contributed by atoms with Crippen LogP contribution in [0.4, 0.5) is 14.6 Å². The Bertz CT molecular complexity index is 2230. The smallest absolute Gasteiger partial charge is 0.319 e. The maximum atomic E-state index is 17.3. The molecule has 268 valence electrons. The van der Waals surface area contributed by atoms with Crippen LogP contribution in [0.1, 0.15) is 50.5 Å². The van der Waals surface area contributed by atoms with Crippen molar-refractivity contribution in [3.05, 3.63) is 52.6 Å². The first-order valence-corrected chi connectivity index (χ1v) is 20.5. The molecule has 9 nitrogen and oxygen atoms in total. The standard InChI is InChI=1S/C38H41ClF2N6O3S/c1-42-51(49)18-24-6-7-25(19-51)47(24)9-2-10-50-37-44-35-28(36(45-37)46-16-22-4-5-23(17-46)43-22)13-29(39)32(34(35)41)27-12-26(48)11-20-3-8-30(40)33(31(20)27)38-14-21(38)15-38/h3,8,11-13,21-25,43,48H,2,4-7,9-10,14-19H2,1H3. The number of fused-ring (bicyclic) bond motifs is 7. The fourth-order valence-electron chi connectivity index (χ4n) is 9.87. The van der Waals surface area contributed by atoms with E-state index in [0.29, 0.717) is 75.6 Å². The summed E-state index contributed by atoms with van der Waals surface area (Å²) in [4.78, 5) is 14.2. The third kappa shape index (κ3) is 5.21. The summed E-state index contributed by atoms with van der Waals surface area (Å²) >= 11 is 7.02. The van der Waals surface area contributed by atoms with Gasteiger partial charge in [0.25, 0.3) is 0 Å². The Morgan fingerprint density at radius 1 is 1.08 bits per heavy atom. The van der Waals surface area contributed by atoms with E-state index in [-0.39, 0.29) is 51.2 Å². The molecule has 10 rings (SSSR count). The number of anilines is 1. The maximum absolute atomic E-state index is 17.3. The third-order valence-corrected chi connectivity index (χ3v) is 15.4. The lowest BCUT2D eigenvalue weighted by atomic mass is 9.88. The highest BCUT2D eigenvalue weighted by Gasteiger charge is 2.71. The number of benzene rings is 3. The highest BCUT2D eigenvalue weighted by molar-refractivity contribution is 7.93. The molecule has 2 aliphatic carbocycles. The second kappa shape index (κ2) is 11.6. The molecule has 4 bridgehead atoms. The summed E-state index contributed by atoms with van der Waals surface area (Å²) in [5, 5.41) is 16.3. The molecule has 4 saturated heterocycles. The molecule has 51 heavy (non-hydrogen) atoms. The molecular weight excluding hydrogens is 694 g/mol. The zero-order chi connectivity index (χ0) is 34.8. The van der Waals surface area contributed by atoms with Crippen LogP contribution in [-0.2, 0) is 15.1 Å². The van der Waals surface area contributed by atoms with Crippen LogP contribution in [0.25, 0.3) is 32.8 Å². The first-order chi connectivity index (χ1) is 24.6. The Balaban J connectivity index is 1.03. The molecule has 4 aromatic rings. The van der Waals surface area contributed by atoms with Crippen molar-refractivity contribution in [3.8, 4) is 22.9 Å². The number of phenolic OH excluding ortho intramolecular Hbond substituents is 1. The number of rotatable bonds is 8. The van der Waals surface area contributed by atoms with Crippen molar-refractivity contribution in [3.63, 3.8) is 0 Å². The zero-order valence-corrected chi connectivity index (χ0v) is 30.1. The van der Waals surface area contributed by atoms with Gasteiger partial charge in [0, 0.05) is 94.0 Å². The van der Waals surface area contributed by atoms with Crippen molar-refractivity contribution in [2.75, 3.05) is 49.7 Å². The average Bonchev–Trinajstić information content (AvgIpc) is 3.93. The number of aromatic hydroxyl groups is 1. The fourth-order valence-corrected chi connectivity index (χ4v) is 12.5. The van der Waals surface area contributed by atoms with Crippen molar-refractivity contribution in [1.29, 1.82) is 0 Å². The average molecular weight is 735 g/mol. The highest BCUT2D eigenvalue weighted by Crippen LogP contribution is 2.77. The van der Waals surface area contributed by atoms with E-state index in [0.717, 1.165) is 58.2 Å². The number of aromatic nitrogens is 2. The minimum absolute atomic E-state index is 0.0523. The first-order valence-electron chi connectivity index (χ1n) is 18.3. The van der Waals surface area contributed by atoms with E-state index in [1.165, 1.54) is 12.1 Å². The number of phenols is 1. The molecule has 0 amide bonds. The van der Waals surface area contributed by atoms with Gasteiger partial charge in [0.15, 0.2) is 5.82 Å². The summed E-state index contributed by atoms with van der Waals surface area (Å²) < 4.78 is 56.4. The van der Waals surface area contributed by atoms with E-state index < -0.39 is 15.5 Å². The van der Waals surface area contributed by atoms with E-state index in [1.807, 2.05) is 0 Å². The molecule has 0 radical (unpaired) electrons. The molecule has 6 aliphatic rings. The minimum atomic E-state index is -2.12. The van der Waals surface area contributed by atoms with Crippen LogP contribution in [-0.4, -0.2) is 93.1 Å². The minimum Gasteiger partial charge on any atom is -0.508 e. The van der Waals surface area contributed by atoms with Crippen molar-refractivity contribution in [2.45, 2.75) is 74.5 Å². The molecule has 4 unspecified atom stereocenters. The van der Waals surface area contributed by atoms with Crippen molar-refractivity contribution in [1.82, 2.24) is 20.2 Å². The van der Waals surface area contributed by atoms with E-state index >= 15 is 8.78 Å².